The zero-order chi connectivity index (χ0) is 14.0. The van der Waals surface area contributed by atoms with Gasteiger partial charge in [-0.3, -0.25) is 4.79 Å². The van der Waals surface area contributed by atoms with Crippen molar-refractivity contribution in [2.24, 2.45) is 5.73 Å². The summed E-state index contributed by atoms with van der Waals surface area (Å²) >= 11 is 11.0. The second-order valence-electron chi connectivity index (χ2n) is 4.14. The lowest BCUT2D eigenvalue weighted by Gasteiger charge is -2.08. The van der Waals surface area contributed by atoms with Crippen LogP contribution in [0.25, 0.3) is 0 Å². The average molecular weight is 294 g/mol. The normalized spacial score (nSPS) is 10.4. The molecule has 0 fully saturated rings. The van der Waals surface area contributed by atoms with Gasteiger partial charge < -0.3 is 5.73 Å². The average Bonchev–Trinajstić information content (AvgIpc) is 2.36. The minimum absolute atomic E-state index is 0.167. The van der Waals surface area contributed by atoms with Gasteiger partial charge in [-0.15, -0.1) is 0 Å². The number of nitrogens with two attached hydrogens (primary N) is 1. The molecular formula is C13H12ClN3OS. The summed E-state index contributed by atoms with van der Waals surface area (Å²) in [4.78, 5) is 12.0. The van der Waals surface area contributed by atoms with E-state index in [4.69, 9.17) is 29.6 Å². The predicted molar refractivity (Wildman–Crippen MR) is 79.7 cm³/mol. The molecule has 0 aliphatic heterocycles. The topological polar surface area (TPSA) is 60.9 Å². The molecule has 1 heterocycles. The summed E-state index contributed by atoms with van der Waals surface area (Å²) < 4.78 is 1.37. The molecule has 2 N–H and O–H groups in total. The van der Waals surface area contributed by atoms with Crippen molar-refractivity contribution in [3.63, 3.8) is 0 Å². The number of halogens is 1. The van der Waals surface area contributed by atoms with Gasteiger partial charge in [-0.25, -0.2) is 4.68 Å². The molecule has 0 bridgehead atoms. The molecule has 0 aliphatic carbocycles. The van der Waals surface area contributed by atoms with E-state index < -0.39 is 0 Å². The highest BCUT2D eigenvalue weighted by atomic mass is 35.5. The number of thiocarbonyl (C=S) groups is 1. The SMILES string of the molecule is Cc1ccc(=O)n(Cc2ccc(C(N)=S)cc2Cl)n1. The highest BCUT2D eigenvalue weighted by molar-refractivity contribution is 7.80. The standard InChI is InChI=1S/C13H12ClN3OS/c1-8-2-5-12(18)17(16-8)7-10-4-3-9(13(15)19)6-11(10)14/h2-6H,7H2,1H3,(H2,15,19). The molecule has 0 radical (unpaired) electrons. The van der Waals surface area contributed by atoms with Gasteiger partial charge in [0.2, 0.25) is 0 Å². The molecule has 0 spiro atoms. The van der Waals surface area contributed by atoms with Gasteiger partial charge in [-0.2, -0.15) is 5.10 Å². The van der Waals surface area contributed by atoms with Crippen LogP contribution in [-0.2, 0) is 6.54 Å². The molecule has 1 aromatic carbocycles. The van der Waals surface area contributed by atoms with Gasteiger partial charge in [0.1, 0.15) is 4.99 Å². The lowest BCUT2D eigenvalue weighted by atomic mass is 10.1. The van der Waals surface area contributed by atoms with Crippen LogP contribution in [0, 0.1) is 6.92 Å². The number of hydrogen-bond donors (Lipinski definition) is 1. The van der Waals surface area contributed by atoms with Crippen molar-refractivity contribution in [3.05, 3.63) is 62.5 Å². The van der Waals surface area contributed by atoms with Crippen molar-refractivity contribution < 1.29 is 0 Å². The second kappa shape index (κ2) is 5.50. The third-order valence-electron chi connectivity index (χ3n) is 2.66. The highest BCUT2D eigenvalue weighted by Gasteiger charge is 2.06. The van der Waals surface area contributed by atoms with Gasteiger partial charge in [0.15, 0.2) is 0 Å². The quantitative estimate of drug-likeness (QED) is 0.878. The molecule has 2 aromatic rings. The van der Waals surface area contributed by atoms with Crippen LogP contribution in [0.3, 0.4) is 0 Å². The number of aromatic nitrogens is 2. The molecule has 19 heavy (non-hydrogen) atoms. The van der Waals surface area contributed by atoms with Crippen molar-refractivity contribution in [1.29, 1.82) is 0 Å². The zero-order valence-electron chi connectivity index (χ0n) is 10.3. The minimum atomic E-state index is -0.167. The third kappa shape index (κ3) is 3.19. The van der Waals surface area contributed by atoms with Crippen LogP contribution >= 0.6 is 23.8 Å². The van der Waals surface area contributed by atoms with Crippen molar-refractivity contribution in [1.82, 2.24) is 9.78 Å². The molecule has 0 amide bonds. The predicted octanol–water partition coefficient (Wildman–Crippen LogP) is 1.89. The van der Waals surface area contributed by atoms with E-state index in [0.29, 0.717) is 22.1 Å². The van der Waals surface area contributed by atoms with Crippen molar-refractivity contribution in [3.8, 4) is 0 Å². The number of rotatable bonds is 3. The Balaban J connectivity index is 2.36. The summed E-state index contributed by atoms with van der Waals surface area (Å²) in [5.41, 5.74) is 7.64. The molecule has 1 aromatic heterocycles. The largest absolute Gasteiger partial charge is 0.389 e. The Bertz CT molecular complexity index is 697. The lowest BCUT2D eigenvalue weighted by Crippen LogP contribution is -2.23. The second-order valence-corrected chi connectivity index (χ2v) is 4.99. The Labute approximate surface area is 120 Å². The Morgan fingerprint density at radius 2 is 2.16 bits per heavy atom. The maximum Gasteiger partial charge on any atom is 0.267 e. The summed E-state index contributed by atoms with van der Waals surface area (Å²) in [6.45, 7) is 2.14. The molecule has 0 atom stereocenters. The molecule has 4 nitrogen and oxygen atoms in total. The first-order chi connectivity index (χ1) is 8.97. The molecule has 0 saturated carbocycles. The molecule has 6 heteroatoms. The van der Waals surface area contributed by atoms with Gasteiger partial charge in [0.05, 0.1) is 12.2 Å². The van der Waals surface area contributed by atoms with Crippen LogP contribution in [0.1, 0.15) is 16.8 Å². The van der Waals surface area contributed by atoms with Gasteiger partial charge in [0, 0.05) is 16.7 Å². The van der Waals surface area contributed by atoms with Crippen molar-refractivity contribution >= 4 is 28.8 Å². The van der Waals surface area contributed by atoms with E-state index in [0.717, 1.165) is 11.3 Å². The van der Waals surface area contributed by atoms with Gasteiger partial charge in [0.25, 0.3) is 5.56 Å². The summed E-state index contributed by atoms with van der Waals surface area (Å²) in [6, 6.07) is 8.44. The fraction of sp³-hybridized carbons (Fsp3) is 0.154. The van der Waals surface area contributed by atoms with E-state index in [1.807, 2.05) is 6.92 Å². The highest BCUT2D eigenvalue weighted by Crippen LogP contribution is 2.18. The summed E-state index contributed by atoms with van der Waals surface area (Å²) in [7, 11) is 0. The summed E-state index contributed by atoms with van der Waals surface area (Å²) in [5.74, 6) is 0. The first kappa shape index (κ1) is 13.7. The van der Waals surface area contributed by atoms with Crippen molar-refractivity contribution in [2.45, 2.75) is 13.5 Å². The van der Waals surface area contributed by atoms with Crippen LogP contribution in [-0.4, -0.2) is 14.8 Å². The summed E-state index contributed by atoms with van der Waals surface area (Å²) in [6.07, 6.45) is 0. The smallest absolute Gasteiger partial charge is 0.267 e. The maximum atomic E-state index is 11.7. The Morgan fingerprint density at radius 1 is 1.42 bits per heavy atom. The Morgan fingerprint density at radius 3 is 2.79 bits per heavy atom. The number of benzene rings is 1. The first-order valence-electron chi connectivity index (χ1n) is 5.60. The van der Waals surface area contributed by atoms with E-state index in [2.05, 4.69) is 5.10 Å². The van der Waals surface area contributed by atoms with Gasteiger partial charge in [-0.05, 0) is 24.6 Å². The van der Waals surface area contributed by atoms with Crippen LogP contribution in [0.4, 0.5) is 0 Å². The van der Waals surface area contributed by atoms with E-state index >= 15 is 0 Å². The Hall–Kier alpha value is -1.72. The first-order valence-corrected chi connectivity index (χ1v) is 6.39. The molecular weight excluding hydrogens is 282 g/mol. The van der Waals surface area contributed by atoms with Crippen molar-refractivity contribution in [2.75, 3.05) is 0 Å². The minimum Gasteiger partial charge on any atom is -0.389 e. The van der Waals surface area contributed by atoms with Gasteiger partial charge in [-0.1, -0.05) is 36.0 Å². The summed E-state index contributed by atoms with van der Waals surface area (Å²) in [5, 5.41) is 4.68. The zero-order valence-corrected chi connectivity index (χ0v) is 11.8. The van der Waals surface area contributed by atoms with Crippen LogP contribution in [0.15, 0.2) is 35.1 Å². The fourth-order valence-corrected chi connectivity index (χ4v) is 2.02. The van der Waals surface area contributed by atoms with E-state index in [9.17, 15) is 4.79 Å². The maximum absolute atomic E-state index is 11.7. The molecule has 0 unspecified atom stereocenters. The molecule has 2 rings (SSSR count). The molecule has 0 saturated heterocycles. The number of aryl methyl sites for hydroxylation is 1. The van der Waals surface area contributed by atoms with Crippen LogP contribution < -0.4 is 11.3 Å². The number of hydrogen-bond acceptors (Lipinski definition) is 3. The third-order valence-corrected chi connectivity index (χ3v) is 3.25. The lowest BCUT2D eigenvalue weighted by molar-refractivity contribution is 0.628. The van der Waals surface area contributed by atoms with Crippen LogP contribution in [0.5, 0.6) is 0 Å². The molecule has 0 aliphatic rings. The molecule has 98 valence electrons. The number of nitrogens with zero attached hydrogens (tertiary/aromatic N) is 2. The monoisotopic (exact) mass is 293 g/mol. The van der Waals surface area contributed by atoms with Crippen LogP contribution in [0.2, 0.25) is 5.02 Å². The fourth-order valence-electron chi connectivity index (χ4n) is 1.65. The van der Waals surface area contributed by atoms with Gasteiger partial charge >= 0.3 is 0 Å². The van der Waals surface area contributed by atoms with E-state index in [1.165, 1.54) is 10.7 Å². The van der Waals surface area contributed by atoms with E-state index in [1.54, 1.807) is 24.3 Å². The Kier molecular flexibility index (Phi) is 3.97. The van der Waals surface area contributed by atoms with E-state index in [-0.39, 0.29) is 5.56 Å².